The lowest BCUT2D eigenvalue weighted by Gasteiger charge is -2.29. The molecule has 0 saturated carbocycles. The molecule has 0 bridgehead atoms. The minimum absolute atomic E-state index is 0.0148. The number of nitrogens with two attached hydrogens (primary N) is 3. The number of rotatable bonds is 33. The van der Waals surface area contributed by atoms with Crippen LogP contribution in [0.25, 0.3) is 10.9 Å². The van der Waals surface area contributed by atoms with Crippen LogP contribution in [0.1, 0.15) is 91.7 Å². The Labute approximate surface area is 468 Å². The summed E-state index contributed by atoms with van der Waals surface area (Å²) in [5.41, 5.74) is 18.1. The molecule has 440 valence electrons. The van der Waals surface area contributed by atoms with E-state index in [0.717, 1.165) is 0 Å². The number of phenolic OH excluding ortho intramolecular Hbond substituents is 1. The predicted octanol–water partition coefficient (Wildman–Crippen LogP) is -1.85. The highest BCUT2D eigenvalue weighted by molar-refractivity contribution is 7.80. The van der Waals surface area contributed by atoms with Crippen molar-refractivity contribution in [1.82, 2.24) is 47.5 Å². The van der Waals surface area contributed by atoms with E-state index in [1.807, 2.05) is 0 Å². The van der Waals surface area contributed by atoms with E-state index in [1.165, 1.54) is 31.2 Å². The van der Waals surface area contributed by atoms with E-state index in [1.54, 1.807) is 72.0 Å². The van der Waals surface area contributed by atoms with Gasteiger partial charge in [0.05, 0.1) is 12.1 Å². The summed E-state index contributed by atoms with van der Waals surface area (Å²) < 4.78 is 0. The maximum Gasteiger partial charge on any atom is 0.326 e. The van der Waals surface area contributed by atoms with Crippen molar-refractivity contribution in [2.24, 2.45) is 35.0 Å². The molecule has 0 unspecified atom stereocenters. The minimum atomic E-state index is -1.70. The Balaban J connectivity index is 1.94. The molecular weight excluding hydrogens is 1060 g/mol. The number of fused-ring (bicyclic) bond motifs is 1. The molecule has 2 aromatic carbocycles. The lowest BCUT2D eigenvalue weighted by molar-refractivity contribution is -0.144. The third-order valence-corrected chi connectivity index (χ3v) is 13.2. The summed E-state index contributed by atoms with van der Waals surface area (Å²) in [5, 5.41) is 51.5. The maximum absolute atomic E-state index is 14.7. The van der Waals surface area contributed by atoms with Gasteiger partial charge in [-0.1, -0.05) is 71.9 Å². The summed E-state index contributed by atoms with van der Waals surface area (Å²) >= 11 is 4.29. The van der Waals surface area contributed by atoms with Gasteiger partial charge >= 0.3 is 5.97 Å². The fraction of sp³-hybridized carbons (Fsp3) is 0.528. The molecule has 0 saturated heterocycles. The summed E-state index contributed by atoms with van der Waals surface area (Å²) in [6, 6.07) is -0.175. The van der Waals surface area contributed by atoms with Gasteiger partial charge in [-0.25, -0.2) is 4.79 Å². The van der Waals surface area contributed by atoms with Gasteiger partial charge in [-0.2, -0.15) is 12.6 Å². The number of aromatic amines is 1. The summed E-state index contributed by atoms with van der Waals surface area (Å²) in [7, 11) is 0. The van der Waals surface area contributed by atoms with Crippen molar-refractivity contribution in [3.05, 3.63) is 65.9 Å². The summed E-state index contributed by atoms with van der Waals surface area (Å²) in [6.45, 7) is 11.0. The molecular formula is C53H78N12O14S. The molecule has 0 aliphatic carbocycles. The SMILES string of the molecule is CC(C)C[C@H](NC(=O)[C@H](CCC(N)=O)NC(=O)[C@@H](N)CCC(N)=O)C(=O)N[C@@H](CS)C(=O)N[C@H](C(=O)N[C@@H](Cc1ccc(O)cc1)C(=O)N[C@@H](Cc1c[nH]c2ccccc12)C(=O)N[C@H](C(=O)N[C@H](C(=O)O)C(C)C)[C@@H](C)O)C(C)C. The molecule has 26 nitrogen and oxygen atoms in total. The van der Waals surface area contributed by atoms with E-state index in [4.69, 9.17) is 17.2 Å². The fourth-order valence-corrected chi connectivity index (χ4v) is 8.51. The second-order valence-corrected chi connectivity index (χ2v) is 21.1. The zero-order valence-corrected chi connectivity index (χ0v) is 46.8. The molecule has 0 aliphatic heterocycles. The highest BCUT2D eigenvalue weighted by Crippen LogP contribution is 2.20. The van der Waals surface area contributed by atoms with Crippen molar-refractivity contribution in [3.63, 3.8) is 0 Å². The Kier molecular flexibility index (Phi) is 26.4. The van der Waals surface area contributed by atoms with Gasteiger partial charge in [-0.15, -0.1) is 0 Å². The van der Waals surface area contributed by atoms with Crippen LogP contribution in [0, 0.1) is 17.8 Å². The average molecular weight is 1140 g/mol. The summed E-state index contributed by atoms with van der Waals surface area (Å²) in [4.78, 5) is 150. The monoisotopic (exact) mass is 1140 g/mol. The van der Waals surface area contributed by atoms with Crippen molar-refractivity contribution < 1.29 is 68.1 Å². The molecule has 3 aromatic rings. The molecule has 3 rings (SSSR count). The Bertz CT molecular complexity index is 2660. The Morgan fingerprint density at radius 2 is 1.01 bits per heavy atom. The zero-order valence-electron chi connectivity index (χ0n) is 45.9. The van der Waals surface area contributed by atoms with Crippen molar-refractivity contribution in [2.75, 3.05) is 5.75 Å². The third-order valence-electron chi connectivity index (χ3n) is 12.8. The van der Waals surface area contributed by atoms with Crippen LogP contribution in [0.5, 0.6) is 5.75 Å². The Morgan fingerprint density at radius 1 is 0.550 bits per heavy atom. The van der Waals surface area contributed by atoms with Gasteiger partial charge in [-0.3, -0.25) is 47.9 Å². The number of aliphatic hydroxyl groups is 1. The number of phenols is 1. The highest BCUT2D eigenvalue weighted by Gasteiger charge is 2.37. The number of carboxylic acid groups (broad SMARTS) is 1. The lowest BCUT2D eigenvalue weighted by atomic mass is 9.99. The van der Waals surface area contributed by atoms with Crippen molar-refractivity contribution in [2.45, 2.75) is 154 Å². The lowest BCUT2D eigenvalue weighted by Crippen LogP contribution is -2.62. The van der Waals surface area contributed by atoms with Crippen LogP contribution < -0.4 is 59.7 Å². The predicted molar refractivity (Wildman–Crippen MR) is 296 cm³/mol. The second kappa shape index (κ2) is 31.7. The van der Waals surface area contributed by atoms with Gasteiger partial charge < -0.3 is 80.0 Å². The molecule has 10 amide bonds. The van der Waals surface area contributed by atoms with E-state index in [-0.39, 0.29) is 62.4 Å². The number of carboxylic acids is 1. The Hall–Kier alpha value is -7.78. The van der Waals surface area contributed by atoms with Gasteiger partial charge in [0.1, 0.15) is 54.1 Å². The standard InChI is InChI=1S/C53H78N12O14S/c1-25(2)20-36(59-46(71)35(17-19-41(56)69)58-45(70)33(54)16-18-40(55)68)47(72)62-39(24-80)50(75)63-42(26(3)4)51(76)61-37(21-29-12-14-31(67)15-13-29)48(73)60-38(22-30-23-57-34-11-9-8-10-32(30)34)49(74)65-44(28(7)66)52(77)64-43(27(5)6)53(78)79/h8-15,23,25-28,33,35-39,42-44,57,66-67,80H,16-22,24,54H2,1-7H3,(H2,55,68)(H2,56,69)(H,58,70)(H,59,71)(H,60,73)(H,61,76)(H,62,72)(H,63,75)(H,64,77)(H,65,74)(H,78,79)/t28-,33+,35+,36+,37+,38+,39+,42+,43+,44+/m1/s1. The zero-order chi connectivity index (χ0) is 60.1. The first-order valence-electron chi connectivity index (χ1n) is 26.1. The van der Waals surface area contributed by atoms with Crippen LogP contribution in [0.4, 0.5) is 0 Å². The van der Waals surface area contributed by atoms with E-state index in [0.29, 0.717) is 22.0 Å². The van der Waals surface area contributed by atoms with Crippen molar-refractivity contribution >= 4 is 88.6 Å². The molecule has 10 atom stereocenters. The van der Waals surface area contributed by atoms with Gasteiger partial charge in [0, 0.05) is 48.5 Å². The first-order valence-corrected chi connectivity index (χ1v) is 26.8. The first-order chi connectivity index (χ1) is 37.5. The average Bonchev–Trinajstić information content (AvgIpc) is 3.79. The Morgan fingerprint density at radius 3 is 1.57 bits per heavy atom. The number of primary amides is 2. The molecule has 1 heterocycles. The minimum Gasteiger partial charge on any atom is -0.508 e. The smallest absolute Gasteiger partial charge is 0.326 e. The van der Waals surface area contributed by atoms with Gasteiger partial charge in [-0.05, 0) is 73.3 Å². The molecule has 0 radical (unpaired) electrons. The topological polar surface area (TPSA) is 439 Å². The number of hydrogen-bond acceptors (Lipinski definition) is 15. The van der Waals surface area contributed by atoms with E-state index < -0.39 is 137 Å². The summed E-state index contributed by atoms with van der Waals surface area (Å²) in [5.74, 6) is -12.1. The number of H-pyrrole nitrogens is 1. The molecule has 27 heteroatoms. The van der Waals surface area contributed by atoms with E-state index >= 15 is 0 Å². The number of nitrogens with one attached hydrogen (secondary N) is 9. The number of aromatic nitrogens is 1. The van der Waals surface area contributed by atoms with Gasteiger partial charge in [0.15, 0.2) is 0 Å². The molecule has 1 aromatic heterocycles. The largest absolute Gasteiger partial charge is 0.508 e. The number of amides is 10. The molecule has 18 N–H and O–H groups in total. The van der Waals surface area contributed by atoms with E-state index in [9.17, 15) is 68.1 Å². The molecule has 80 heavy (non-hydrogen) atoms. The number of aromatic hydroxyl groups is 1. The number of aliphatic hydroxyl groups excluding tert-OH is 1. The highest BCUT2D eigenvalue weighted by atomic mass is 32.1. The number of thiol groups is 1. The number of aliphatic carboxylic acids is 1. The second-order valence-electron chi connectivity index (χ2n) is 20.7. The van der Waals surface area contributed by atoms with Crippen LogP contribution in [0.3, 0.4) is 0 Å². The number of carbonyl (C=O) groups excluding carboxylic acids is 10. The van der Waals surface area contributed by atoms with Crippen LogP contribution in [0.15, 0.2) is 54.7 Å². The van der Waals surface area contributed by atoms with Crippen LogP contribution in [-0.4, -0.2) is 152 Å². The number of carbonyl (C=O) groups is 11. The molecule has 0 fully saturated rings. The van der Waals surface area contributed by atoms with Crippen molar-refractivity contribution in [3.8, 4) is 5.75 Å². The third kappa shape index (κ3) is 21.1. The normalized spacial score (nSPS) is 15.1. The molecule has 0 aliphatic rings. The number of para-hydroxylation sites is 1. The van der Waals surface area contributed by atoms with Crippen molar-refractivity contribution in [1.29, 1.82) is 0 Å². The number of benzene rings is 2. The summed E-state index contributed by atoms with van der Waals surface area (Å²) in [6.07, 6.45) is -1.37. The number of hydrogen-bond donors (Lipinski definition) is 16. The fourth-order valence-electron chi connectivity index (χ4n) is 8.25. The first kappa shape index (κ1) is 66.5. The maximum atomic E-state index is 14.7. The van der Waals surface area contributed by atoms with E-state index in [2.05, 4.69) is 60.1 Å². The molecule has 0 spiro atoms. The van der Waals surface area contributed by atoms with Crippen LogP contribution in [0.2, 0.25) is 0 Å². The quantitative estimate of drug-likeness (QED) is 0.0298. The van der Waals surface area contributed by atoms with Crippen LogP contribution >= 0.6 is 12.6 Å². The van der Waals surface area contributed by atoms with Gasteiger partial charge in [0.2, 0.25) is 59.1 Å². The van der Waals surface area contributed by atoms with Gasteiger partial charge in [0.25, 0.3) is 0 Å². The van der Waals surface area contributed by atoms with Crippen LogP contribution in [-0.2, 0) is 65.6 Å².